The number of methoxy groups -OCH3 is 2. The van der Waals surface area contributed by atoms with Gasteiger partial charge in [-0.05, 0) is 6.07 Å². The maximum atomic E-state index is 12.6. The zero-order valence-electron chi connectivity index (χ0n) is 8.16. The molecule has 0 bridgehead atoms. The summed E-state index contributed by atoms with van der Waals surface area (Å²) >= 11 is 0. The number of hydrogen-bond acceptors (Lipinski definition) is 4. The molecule has 0 aliphatic carbocycles. The monoisotopic (exact) mass is 200 g/mol. The van der Waals surface area contributed by atoms with Crippen molar-refractivity contribution in [2.75, 3.05) is 26.1 Å². The van der Waals surface area contributed by atoms with Crippen LogP contribution in [0.4, 0.5) is 10.1 Å². The summed E-state index contributed by atoms with van der Waals surface area (Å²) in [5.41, 5.74) is 0.650. The maximum absolute atomic E-state index is 12.6. The van der Waals surface area contributed by atoms with Crippen LogP contribution in [0.25, 0.3) is 0 Å². The Labute approximate surface area is 82.1 Å². The van der Waals surface area contributed by atoms with E-state index >= 15 is 0 Å². The molecule has 0 saturated heterocycles. The van der Waals surface area contributed by atoms with E-state index in [0.717, 1.165) is 0 Å². The Balaban J connectivity index is 2.44. The van der Waals surface area contributed by atoms with Gasteiger partial charge >= 0.3 is 0 Å². The summed E-state index contributed by atoms with van der Waals surface area (Å²) in [4.78, 5) is 3.44. The minimum absolute atomic E-state index is 0.341. The number of ether oxygens (including phenoxy) is 2. The van der Waals surface area contributed by atoms with E-state index in [1.807, 2.05) is 0 Å². The molecule has 0 aromatic carbocycles. The summed E-state index contributed by atoms with van der Waals surface area (Å²) < 4.78 is 22.6. The van der Waals surface area contributed by atoms with Gasteiger partial charge in [-0.15, -0.1) is 0 Å². The molecule has 1 N–H and O–H groups in total. The van der Waals surface area contributed by atoms with Crippen LogP contribution in [-0.2, 0) is 9.47 Å². The molecule has 0 spiro atoms. The van der Waals surface area contributed by atoms with Crippen molar-refractivity contribution in [2.24, 2.45) is 0 Å². The average Bonchev–Trinajstić information content (AvgIpc) is 2.19. The van der Waals surface area contributed by atoms with Gasteiger partial charge in [0, 0.05) is 32.2 Å². The van der Waals surface area contributed by atoms with Crippen molar-refractivity contribution in [3.05, 3.63) is 24.3 Å². The lowest BCUT2D eigenvalue weighted by molar-refractivity contribution is -0.0914. The van der Waals surface area contributed by atoms with Crippen LogP contribution >= 0.6 is 0 Å². The number of pyridine rings is 1. The fourth-order valence-electron chi connectivity index (χ4n) is 0.977. The molecule has 0 saturated carbocycles. The van der Waals surface area contributed by atoms with Gasteiger partial charge in [0.05, 0.1) is 6.54 Å². The van der Waals surface area contributed by atoms with Crippen molar-refractivity contribution in [1.29, 1.82) is 0 Å². The van der Waals surface area contributed by atoms with Crippen LogP contribution in [0.2, 0.25) is 0 Å². The second-order valence-corrected chi connectivity index (χ2v) is 2.65. The van der Waals surface area contributed by atoms with Crippen LogP contribution in [0.5, 0.6) is 0 Å². The first kappa shape index (κ1) is 10.9. The van der Waals surface area contributed by atoms with E-state index < -0.39 is 5.95 Å². The molecular weight excluding hydrogens is 187 g/mol. The van der Waals surface area contributed by atoms with Gasteiger partial charge in [-0.2, -0.15) is 4.39 Å². The largest absolute Gasteiger partial charge is 0.380 e. The lowest BCUT2D eigenvalue weighted by Crippen LogP contribution is -2.23. The molecule has 78 valence electrons. The van der Waals surface area contributed by atoms with Gasteiger partial charge in [-0.1, -0.05) is 0 Å². The molecule has 1 aromatic heterocycles. The number of aromatic nitrogens is 1. The highest BCUT2D eigenvalue weighted by molar-refractivity contribution is 5.41. The highest BCUT2D eigenvalue weighted by atomic mass is 19.1. The minimum atomic E-state index is -0.513. The van der Waals surface area contributed by atoms with Crippen LogP contribution in [0.15, 0.2) is 18.3 Å². The van der Waals surface area contributed by atoms with Crippen molar-refractivity contribution in [3.8, 4) is 0 Å². The molecule has 0 amide bonds. The molecule has 1 heterocycles. The molecular formula is C9H13FN2O2. The summed E-state index contributed by atoms with van der Waals surface area (Å²) in [6, 6.07) is 2.98. The molecule has 1 aromatic rings. The number of nitrogens with zero attached hydrogens (tertiary/aromatic N) is 1. The standard InChI is InChI=1S/C9H13FN2O2/c1-13-9(14-2)6-12-7-3-4-11-8(10)5-7/h3-5,9H,6H2,1-2H3,(H,11,12). The molecule has 0 fully saturated rings. The van der Waals surface area contributed by atoms with Crippen LogP contribution in [-0.4, -0.2) is 32.0 Å². The molecule has 0 atom stereocenters. The first-order chi connectivity index (χ1) is 6.76. The van der Waals surface area contributed by atoms with Gasteiger partial charge in [0.2, 0.25) is 5.95 Å². The SMILES string of the molecule is COC(CNc1ccnc(F)c1)OC. The molecule has 0 radical (unpaired) electrons. The van der Waals surface area contributed by atoms with E-state index in [2.05, 4.69) is 10.3 Å². The highest BCUT2D eigenvalue weighted by Gasteiger charge is 2.04. The second-order valence-electron chi connectivity index (χ2n) is 2.65. The quantitative estimate of drug-likeness (QED) is 0.574. The maximum Gasteiger partial charge on any atom is 0.214 e. The van der Waals surface area contributed by atoms with E-state index in [4.69, 9.17) is 9.47 Å². The van der Waals surface area contributed by atoms with Gasteiger partial charge in [0.15, 0.2) is 6.29 Å². The first-order valence-electron chi connectivity index (χ1n) is 4.17. The third kappa shape index (κ3) is 3.27. The Morgan fingerprint density at radius 1 is 1.50 bits per heavy atom. The number of nitrogens with one attached hydrogen (secondary N) is 1. The number of rotatable bonds is 5. The van der Waals surface area contributed by atoms with E-state index in [1.54, 1.807) is 20.3 Å². The predicted molar refractivity (Wildman–Crippen MR) is 50.5 cm³/mol. The van der Waals surface area contributed by atoms with Crippen LogP contribution in [0.1, 0.15) is 0 Å². The van der Waals surface area contributed by atoms with E-state index in [9.17, 15) is 4.39 Å². The highest BCUT2D eigenvalue weighted by Crippen LogP contribution is 2.06. The van der Waals surface area contributed by atoms with Crippen molar-refractivity contribution in [1.82, 2.24) is 4.98 Å². The Hall–Kier alpha value is -1.20. The van der Waals surface area contributed by atoms with Crippen molar-refractivity contribution >= 4 is 5.69 Å². The molecule has 0 aliphatic rings. The molecule has 0 unspecified atom stereocenters. The van der Waals surface area contributed by atoms with Gasteiger partial charge < -0.3 is 14.8 Å². The summed E-state index contributed by atoms with van der Waals surface area (Å²) in [7, 11) is 3.09. The third-order valence-electron chi connectivity index (χ3n) is 1.73. The van der Waals surface area contributed by atoms with Crippen LogP contribution in [0, 0.1) is 5.95 Å². The molecule has 14 heavy (non-hydrogen) atoms. The summed E-state index contributed by atoms with van der Waals surface area (Å²) in [5, 5.41) is 2.96. The van der Waals surface area contributed by atoms with E-state index in [0.29, 0.717) is 12.2 Å². The minimum Gasteiger partial charge on any atom is -0.380 e. The summed E-state index contributed by atoms with van der Waals surface area (Å²) in [6.07, 6.45) is 1.05. The molecule has 5 heteroatoms. The Morgan fingerprint density at radius 2 is 2.21 bits per heavy atom. The average molecular weight is 200 g/mol. The van der Waals surface area contributed by atoms with Crippen LogP contribution < -0.4 is 5.32 Å². The first-order valence-corrected chi connectivity index (χ1v) is 4.17. The lowest BCUT2D eigenvalue weighted by Gasteiger charge is -2.14. The zero-order chi connectivity index (χ0) is 10.4. The molecule has 4 nitrogen and oxygen atoms in total. The van der Waals surface area contributed by atoms with Crippen molar-refractivity contribution in [3.63, 3.8) is 0 Å². The summed E-state index contributed by atoms with van der Waals surface area (Å²) in [5.74, 6) is -0.513. The fraction of sp³-hybridized carbons (Fsp3) is 0.444. The summed E-state index contributed by atoms with van der Waals surface area (Å²) in [6.45, 7) is 0.455. The van der Waals surface area contributed by atoms with Crippen LogP contribution in [0.3, 0.4) is 0 Å². The van der Waals surface area contributed by atoms with Crippen molar-refractivity contribution in [2.45, 2.75) is 6.29 Å². The van der Waals surface area contributed by atoms with Gasteiger partial charge in [0.25, 0.3) is 0 Å². The normalized spacial score (nSPS) is 10.6. The number of hydrogen-bond donors (Lipinski definition) is 1. The number of anilines is 1. The zero-order valence-corrected chi connectivity index (χ0v) is 8.16. The smallest absolute Gasteiger partial charge is 0.214 e. The van der Waals surface area contributed by atoms with Crippen molar-refractivity contribution < 1.29 is 13.9 Å². The van der Waals surface area contributed by atoms with E-state index in [-0.39, 0.29) is 6.29 Å². The molecule has 1 rings (SSSR count). The van der Waals surface area contributed by atoms with Gasteiger partial charge in [0.1, 0.15) is 0 Å². The Kier molecular flexibility index (Phi) is 4.28. The van der Waals surface area contributed by atoms with E-state index in [1.165, 1.54) is 12.3 Å². The fourth-order valence-corrected chi connectivity index (χ4v) is 0.977. The van der Waals surface area contributed by atoms with Gasteiger partial charge in [-0.3, -0.25) is 0 Å². The molecule has 0 aliphatic heterocycles. The number of halogens is 1. The van der Waals surface area contributed by atoms with Gasteiger partial charge in [-0.25, -0.2) is 4.98 Å². The second kappa shape index (κ2) is 5.51. The third-order valence-corrected chi connectivity index (χ3v) is 1.73. The topological polar surface area (TPSA) is 43.4 Å². The Morgan fingerprint density at radius 3 is 2.79 bits per heavy atom. The Bertz CT molecular complexity index is 279. The lowest BCUT2D eigenvalue weighted by atomic mass is 10.4. The predicted octanol–water partition coefficient (Wildman–Crippen LogP) is 1.25.